The predicted molar refractivity (Wildman–Crippen MR) is 69.9 cm³/mol. The molecule has 1 saturated heterocycles. The molecule has 1 aromatic rings. The lowest BCUT2D eigenvalue weighted by Crippen LogP contribution is -2.38. The number of piperidine rings is 1. The fraction of sp³-hybridized carbons (Fsp3) is 0.417. The van der Waals surface area contributed by atoms with Crippen molar-refractivity contribution in [3.63, 3.8) is 0 Å². The number of anilines is 1. The maximum atomic E-state index is 9.62. The molecule has 1 unspecified atom stereocenters. The van der Waals surface area contributed by atoms with E-state index in [4.69, 9.17) is 22.7 Å². The highest BCUT2D eigenvalue weighted by Gasteiger charge is 2.18. The van der Waals surface area contributed by atoms with E-state index in [1.165, 1.54) is 0 Å². The summed E-state index contributed by atoms with van der Waals surface area (Å²) in [6.07, 6.45) is 1.57. The third kappa shape index (κ3) is 2.70. The van der Waals surface area contributed by atoms with Gasteiger partial charge in [-0.1, -0.05) is 11.6 Å². The van der Waals surface area contributed by atoms with Crippen molar-refractivity contribution in [2.24, 2.45) is 5.73 Å². The Hall–Kier alpha value is -1.26. The number of nitrogens with two attached hydrogens (primary N) is 1. The van der Waals surface area contributed by atoms with Gasteiger partial charge in [0, 0.05) is 24.3 Å². The van der Waals surface area contributed by atoms with E-state index in [0.29, 0.717) is 17.1 Å². The molecule has 1 aliphatic rings. The third-order valence-electron chi connectivity index (χ3n) is 3.00. The molecule has 0 saturated carbocycles. The monoisotopic (exact) mass is 253 g/mol. The average Bonchev–Trinajstić information content (AvgIpc) is 2.28. The molecule has 0 aromatic heterocycles. The van der Waals surface area contributed by atoms with Gasteiger partial charge < -0.3 is 15.7 Å². The van der Waals surface area contributed by atoms with E-state index >= 15 is 0 Å². The zero-order valence-corrected chi connectivity index (χ0v) is 10.2. The minimum Gasteiger partial charge on any atom is -0.391 e. The van der Waals surface area contributed by atoms with Gasteiger partial charge in [0.15, 0.2) is 0 Å². The molecule has 17 heavy (non-hydrogen) atoms. The molecule has 5 heteroatoms. The molecule has 1 aliphatic heterocycles. The Morgan fingerprint density at radius 2 is 2.29 bits per heavy atom. The molecule has 1 atom stereocenters. The SMILES string of the molecule is N=C(N)c1ccc(N2CCCC(O)C2)cc1Cl. The lowest BCUT2D eigenvalue weighted by Gasteiger charge is -2.32. The summed E-state index contributed by atoms with van der Waals surface area (Å²) < 4.78 is 0. The van der Waals surface area contributed by atoms with Crippen LogP contribution in [0.15, 0.2) is 18.2 Å². The first-order chi connectivity index (χ1) is 8.08. The summed E-state index contributed by atoms with van der Waals surface area (Å²) in [4.78, 5) is 2.10. The van der Waals surface area contributed by atoms with Gasteiger partial charge in [0.2, 0.25) is 0 Å². The van der Waals surface area contributed by atoms with Crippen LogP contribution in [-0.2, 0) is 0 Å². The van der Waals surface area contributed by atoms with Crippen molar-refractivity contribution in [1.82, 2.24) is 0 Å². The van der Waals surface area contributed by atoms with Crippen molar-refractivity contribution < 1.29 is 5.11 Å². The van der Waals surface area contributed by atoms with Gasteiger partial charge in [0.25, 0.3) is 0 Å². The van der Waals surface area contributed by atoms with Gasteiger partial charge >= 0.3 is 0 Å². The van der Waals surface area contributed by atoms with Crippen LogP contribution < -0.4 is 10.6 Å². The predicted octanol–water partition coefficient (Wildman–Crippen LogP) is 1.59. The topological polar surface area (TPSA) is 73.3 Å². The number of nitrogen functional groups attached to an aromatic ring is 1. The van der Waals surface area contributed by atoms with Gasteiger partial charge in [-0.3, -0.25) is 5.41 Å². The van der Waals surface area contributed by atoms with Crippen molar-refractivity contribution in [3.8, 4) is 0 Å². The first-order valence-electron chi connectivity index (χ1n) is 5.65. The molecule has 4 nitrogen and oxygen atoms in total. The molecule has 0 bridgehead atoms. The van der Waals surface area contributed by atoms with Crippen LogP contribution >= 0.6 is 11.6 Å². The van der Waals surface area contributed by atoms with E-state index in [-0.39, 0.29) is 11.9 Å². The Labute approximate surface area is 105 Å². The Kier molecular flexibility index (Phi) is 3.54. The molecule has 0 spiro atoms. The van der Waals surface area contributed by atoms with Gasteiger partial charge in [0.1, 0.15) is 5.84 Å². The van der Waals surface area contributed by atoms with Gasteiger partial charge in [-0.25, -0.2) is 0 Å². The third-order valence-corrected chi connectivity index (χ3v) is 3.32. The van der Waals surface area contributed by atoms with Crippen molar-refractivity contribution in [2.75, 3.05) is 18.0 Å². The fourth-order valence-electron chi connectivity index (χ4n) is 2.11. The summed E-state index contributed by atoms with van der Waals surface area (Å²) in [6, 6.07) is 5.44. The van der Waals surface area contributed by atoms with Gasteiger partial charge in [-0.15, -0.1) is 0 Å². The highest BCUT2D eigenvalue weighted by Crippen LogP contribution is 2.25. The van der Waals surface area contributed by atoms with Crippen LogP contribution in [0, 0.1) is 5.41 Å². The number of β-amino-alcohol motifs (C(OH)–C–C–N with tert-alkyl or cyclic N) is 1. The molecule has 1 fully saturated rings. The van der Waals surface area contributed by atoms with E-state index in [1.807, 2.05) is 6.07 Å². The summed E-state index contributed by atoms with van der Waals surface area (Å²) in [5.41, 5.74) is 6.93. The summed E-state index contributed by atoms with van der Waals surface area (Å²) in [5, 5.41) is 17.5. The number of hydrogen-bond donors (Lipinski definition) is 3. The zero-order chi connectivity index (χ0) is 12.4. The van der Waals surface area contributed by atoms with Crippen LogP contribution in [0.4, 0.5) is 5.69 Å². The fourth-order valence-corrected chi connectivity index (χ4v) is 2.38. The Bertz CT molecular complexity index is 436. The molecule has 92 valence electrons. The van der Waals surface area contributed by atoms with E-state index in [9.17, 15) is 5.11 Å². The van der Waals surface area contributed by atoms with Gasteiger partial charge in [-0.05, 0) is 31.0 Å². The maximum Gasteiger partial charge on any atom is 0.124 e. The largest absolute Gasteiger partial charge is 0.391 e. The number of nitrogens with zero attached hydrogens (tertiary/aromatic N) is 1. The molecule has 2 rings (SSSR count). The van der Waals surface area contributed by atoms with Crippen LogP contribution in [0.5, 0.6) is 0 Å². The molecule has 1 heterocycles. The summed E-state index contributed by atoms with van der Waals surface area (Å²) in [7, 11) is 0. The van der Waals surface area contributed by atoms with Crippen molar-refractivity contribution in [1.29, 1.82) is 5.41 Å². The minimum atomic E-state index is -0.269. The van der Waals surface area contributed by atoms with Crippen molar-refractivity contribution >= 4 is 23.1 Å². The van der Waals surface area contributed by atoms with E-state index in [0.717, 1.165) is 25.1 Å². The molecular weight excluding hydrogens is 238 g/mol. The van der Waals surface area contributed by atoms with E-state index in [1.54, 1.807) is 12.1 Å². The Morgan fingerprint density at radius 1 is 1.53 bits per heavy atom. The second-order valence-corrected chi connectivity index (χ2v) is 4.73. The number of rotatable bonds is 2. The normalized spacial score (nSPS) is 20.4. The highest BCUT2D eigenvalue weighted by molar-refractivity contribution is 6.34. The first-order valence-corrected chi connectivity index (χ1v) is 6.02. The Balaban J connectivity index is 2.22. The van der Waals surface area contributed by atoms with Crippen LogP contribution in [-0.4, -0.2) is 30.1 Å². The van der Waals surface area contributed by atoms with E-state index in [2.05, 4.69) is 4.90 Å². The summed E-state index contributed by atoms with van der Waals surface area (Å²) in [6.45, 7) is 1.56. The number of benzene rings is 1. The molecular formula is C12H16ClN3O. The zero-order valence-electron chi connectivity index (χ0n) is 9.49. The highest BCUT2D eigenvalue weighted by atomic mass is 35.5. The quantitative estimate of drug-likeness (QED) is 0.554. The second kappa shape index (κ2) is 4.94. The lowest BCUT2D eigenvalue weighted by molar-refractivity contribution is 0.154. The lowest BCUT2D eigenvalue weighted by atomic mass is 10.1. The Morgan fingerprint density at radius 3 is 2.88 bits per heavy atom. The summed E-state index contributed by atoms with van der Waals surface area (Å²) >= 11 is 6.07. The number of hydrogen-bond acceptors (Lipinski definition) is 3. The van der Waals surface area contributed by atoms with Gasteiger partial charge in [-0.2, -0.15) is 0 Å². The number of halogens is 1. The van der Waals surface area contributed by atoms with Crippen molar-refractivity contribution in [2.45, 2.75) is 18.9 Å². The second-order valence-electron chi connectivity index (χ2n) is 4.32. The smallest absolute Gasteiger partial charge is 0.124 e. The number of aliphatic hydroxyl groups excluding tert-OH is 1. The van der Waals surface area contributed by atoms with E-state index < -0.39 is 0 Å². The molecule has 4 N–H and O–H groups in total. The number of nitrogens with one attached hydrogen (secondary N) is 1. The van der Waals surface area contributed by atoms with Crippen molar-refractivity contribution in [3.05, 3.63) is 28.8 Å². The minimum absolute atomic E-state index is 0.0276. The molecule has 0 radical (unpaired) electrons. The number of amidine groups is 1. The van der Waals surface area contributed by atoms with Crippen LogP contribution in [0.25, 0.3) is 0 Å². The molecule has 0 amide bonds. The van der Waals surface area contributed by atoms with Crippen LogP contribution in [0.3, 0.4) is 0 Å². The summed E-state index contributed by atoms with van der Waals surface area (Å²) in [5.74, 6) is -0.0276. The molecule has 0 aliphatic carbocycles. The number of aliphatic hydroxyl groups is 1. The van der Waals surface area contributed by atoms with Crippen LogP contribution in [0.1, 0.15) is 18.4 Å². The average molecular weight is 254 g/mol. The van der Waals surface area contributed by atoms with Gasteiger partial charge in [0.05, 0.1) is 11.1 Å². The first kappa shape index (κ1) is 12.2. The van der Waals surface area contributed by atoms with Crippen LogP contribution in [0.2, 0.25) is 5.02 Å². The standard InChI is InChI=1S/C12H16ClN3O/c13-11-6-8(3-4-10(11)12(14)15)16-5-1-2-9(17)7-16/h3-4,6,9,17H,1-2,5,7H2,(H3,14,15). The maximum absolute atomic E-state index is 9.62. The molecule has 1 aromatic carbocycles.